The van der Waals surface area contributed by atoms with Gasteiger partial charge in [0.2, 0.25) is 0 Å². The van der Waals surface area contributed by atoms with Gasteiger partial charge in [-0.1, -0.05) is 44.7 Å². The highest BCUT2D eigenvalue weighted by atomic mass is 16.5. The third-order valence-corrected chi connectivity index (χ3v) is 3.65. The van der Waals surface area contributed by atoms with E-state index in [1.54, 1.807) is 13.2 Å². The van der Waals surface area contributed by atoms with Gasteiger partial charge in [-0.05, 0) is 30.2 Å². The van der Waals surface area contributed by atoms with Crippen LogP contribution in [-0.2, 0) is 14.9 Å². The first-order chi connectivity index (χ1) is 9.82. The van der Waals surface area contributed by atoms with Crippen molar-refractivity contribution in [2.45, 2.75) is 39.2 Å². The lowest BCUT2D eigenvalue weighted by molar-refractivity contribution is -0.131. The zero-order valence-corrected chi connectivity index (χ0v) is 13.5. The summed E-state index contributed by atoms with van der Waals surface area (Å²) in [6, 6.07) is 7.55. The third-order valence-electron chi connectivity index (χ3n) is 3.65. The molecule has 0 aliphatic rings. The molecule has 3 nitrogen and oxygen atoms in total. The molecule has 0 bridgehead atoms. The second-order valence-electron chi connectivity index (χ2n) is 5.48. The minimum absolute atomic E-state index is 0.00820. The van der Waals surface area contributed by atoms with E-state index in [1.165, 1.54) is 6.92 Å². The highest BCUT2D eigenvalue weighted by Gasteiger charge is 2.29. The van der Waals surface area contributed by atoms with Gasteiger partial charge in [-0.3, -0.25) is 4.79 Å². The molecule has 0 aliphatic heterocycles. The first-order valence-corrected chi connectivity index (χ1v) is 6.97. The van der Waals surface area contributed by atoms with Gasteiger partial charge in [0.25, 0.3) is 0 Å². The zero-order valence-electron chi connectivity index (χ0n) is 13.5. The Labute approximate surface area is 127 Å². The lowest BCUT2D eigenvalue weighted by atomic mass is 9.75. The highest BCUT2D eigenvalue weighted by molar-refractivity contribution is 5.69. The Morgan fingerprint density at radius 3 is 2.29 bits per heavy atom. The van der Waals surface area contributed by atoms with Crippen molar-refractivity contribution in [3.05, 3.63) is 54.1 Å². The fraction of sp³-hybridized carbons (Fsp3) is 0.389. The minimum atomic E-state index is -0.317. The second kappa shape index (κ2) is 7.23. The molecule has 0 spiro atoms. The van der Waals surface area contributed by atoms with Crippen LogP contribution in [0.5, 0.6) is 5.75 Å². The molecule has 1 rings (SSSR count). The Balaban J connectivity index is 3.13. The molecule has 21 heavy (non-hydrogen) atoms. The first-order valence-electron chi connectivity index (χ1n) is 6.97. The van der Waals surface area contributed by atoms with Gasteiger partial charge < -0.3 is 9.47 Å². The van der Waals surface area contributed by atoms with Crippen molar-refractivity contribution in [3.63, 3.8) is 0 Å². The Morgan fingerprint density at radius 2 is 1.86 bits per heavy atom. The molecule has 0 radical (unpaired) electrons. The van der Waals surface area contributed by atoms with E-state index >= 15 is 0 Å². The smallest absolute Gasteiger partial charge is 0.308 e. The van der Waals surface area contributed by atoms with Gasteiger partial charge in [-0.2, -0.15) is 0 Å². The summed E-state index contributed by atoms with van der Waals surface area (Å²) in [5, 5.41) is 0. The van der Waals surface area contributed by atoms with Gasteiger partial charge >= 0.3 is 5.97 Å². The summed E-state index contributed by atoms with van der Waals surface area (Å²) in [5.41, 5.74) is 2.05. The number of hydrogen-bond acceptors (Lipinski definition) is 3. The van der Waals surface area contributed by atoms with E-state index in [9.17, 15) is 4.79 Å². The Kier molecular flexibility index (Phi) is 5.91. The number of allylic oxidation sites excluding steroid dienone is 2. The maximum atomic E-state index is 11.0. The van der Waals surface area contributed by atoms with E-state index < -0.39 is 0 Å². The molecule has 0 saturated carbocycles. The summed E-state index contributed by atoms with van der Waals surface area (Å²) in [6.45, 7) is 11.5. The number of methoxy groups -OCH3 is 1. The SMILES string of the molecule is C=C/C=C(\C(C)OC)C(C)(C)c1ccc(OC(C)=O)cc1. The van der Waals surface area contributed by atoms with Crippen LogP contribution >= 0.6 is 0 Å². The van der Waals surface area contributed by atoms with Gasteiger partial charge in [0.1, 0.15) is 5.75 Å². The molecule has 1 aromatic carbocycles. The van der Waals surface area contributed by atoms with Crippen molar-refractivity contribution in [2.75, 3.05) is 7.11 Å². The van der Waals surface area contributed by atoms with Crippen LogP contribution in [0.15, 0.2) is 48.6 Å². The molecule has 0 fully saturated rings. The lowest BCUT2D eigenvalue weighted by Gasteiger charge is -2.32. The third kappa shape index (κ3) is 4.30. The summed E-state index contributed by atoms with van der Waals surface area (Å²) in [6.07, 6.45) is 3.76. The topological polar surface area (TPSA) is 35.5 Å². The van der Waals surface area contributed by atoms with Crippen LogP contribution in [0.3, 0.4) is 0 Å². The molecule has 1 unspecified atom stereocenters. The van der Waals surface area contributed by atoms with Crippen molar-refractivity contribution < 1.29 is 14.3 Å². The van der Waals surface area contributed by atoms with Crippen LogP contribution in [-0.4, -0.2) is 19.2 Å². The summed E-state index contributed by atoms with van der Waals surface area (Å²) in [4.78, 5) is 11.0. The van der Waals surface area contributed by atoms with Crippen molar-refractivity contribution in [1.29, 1.82) is 0 Å². The Hall–Kier alpha value is -1.87. The summed E-state index contributed by atoms with van der Waals surface area (Å²) >= 11 is 0. The van der Waals surface area contributed by atoms with Crippen LogP contribution in [0.1, 0.15) is 33.3 Å². The zero-order chi connectivity index (χ0) is 16.0. The molecule has 0 N–H and O–H groups in total. The number of hydrogen-bond donors (Lipinski definition) is 0. The number of ether oxygens (including phenoxy) is 2. The normalized spacial score (nSPS) is 13.7. The first kappa shape index (κ1) is 17.2. The quantitative estimate of drug-likeness (QED) is 0.450. The van der Waals surface area contributed by atoms with E-state index in [4.69, 9.17) is 9.47 Å². The Morgan fingerprint density at radius 1 is 1.29 bits per heavy atom. The van der Waals surface area contributed by atoms with E-state index in [0.717, 1.165) is 11.1 Å². The van der Waals surface area contributed by atoms with E-state index in [0.29, 0.717) is 5.75 Å². The van der Waals surface area contributed by atoms with Gasteiger partial charge in [-0.15, -0.1) is 0 Å². The van der Waals surface area contributed by atoms with Crippen LogP contribution in [0.4, 0.5) is 0 Å². The number of carbonyl (C=O) groups is 1. The van der Waals surface area contributed by atoms with Gasteiger partial charge in [-0.25, -0.2) is 0 Å². The second-order valence-corrected chi connectivity index (χ2v) is 5.48. The molecule has 0 heterocycles. The largest absolute Gasteiger partial charge is 0.427 e. The molecule has 0 aromatic heterocycles. The van der Waals surface area contributed by atoms with Crippen molar-refractivity contribution in [1.82, 2.24) is 0 Å². The molecule has 0 saturated heterocycles. The fourth-order valence-corrected chi connectivity index (χ4v) is 2.38. The highest BCUT2D eigenvalue weighted by Crippen LogP contribution is 2.35. The number of rotatable bonds is 6. The molecule has 0 aliphatic carbocycles. The molecule has 3 heteroatoms. The van der Waals surface area contributed by atoms with Crippen LogP contribution in [0.2, 0.25) is 0 Å². The Bertz CT molecular complexity index is 524. The van der Waals surface area contributed by atoms with Crippen molar-refractivity contribution >= 4 is 5.97 Å². The number of benzene rings is 1. The average molecular weight is 288 g/mol. The molecule has 1 aromatic rings. The fourth-order valence-electron chi connectivity index (χ4n) is 2.38. The minimum Gasteiger partial charge on any atom is -0.427 e. The predicted octanol–water partition coefficient (Wildman–Crippen LogP) is 4.04. The van der Waals surface area contributed by atoms with E-state index in [2.05, 4.69) is 20.4 Å². The predicted molar refractivity (Wildman–Crippen MR) is 85.5 cm³/mol. The van der Waals surface area contributed by atoms with E-state index in [1.807, 2.05) is 37.3 Å². The monoisotopic (exact) mass is 288 g/mol. The lowest BCUT2D eigenvalue weighted by Crippen LogP contribution is -2.28. The van der Waals surface area contributed by atoms with Gasteiger partial charge in [0.05, 0.1) is 6.10 Å². The molecule has 1 atom stereocenters. The summed E-state index contributed by atoms with van der Waals surface area (Å²) in [5.74, 6) is 0.235. The van der Waals surface area contributed by atoms with Crippen LogP contribution in [0, 0.1) is 0 Å². The molecular weight excluding hydrogens is 264 g/mol. The van der Waals surface area contributed by atoms with Crippen molar-refractivity contribution in [3.8, 4) is 5.75 Å². The molecule has 114 valence electrons. The number of carbonyl (C=O) groups excluding carboxylic acids is 1. The number of esters is 1. The summed E-state index contributed by atoms with van der Waals surface area (Å²) < 4.78 is 10.5. The average Bonchev–Trinajstić information content (AvgIpc) is 2.43. The maximum Gasteiger partial charge on any atom is 0.308 e. The van der Waals surface area contributed by atoms with Gasteiger partial charge in [0, 0.05) is 19.4 Å². The summed E-state index contributed by atoms with van der Waals surface area (Å²) in [7, 11) is 1.70. The van der Waals surface area contributed by atoms with Crippen LogP contribution in [0.25, 0.3) is 0 Å². The van der Waals surface area contributed by atoms with Crippen LogP contribution < -0.4 is 4.74 Å². The molecular formula is C18H24O3. The standard InChI is InChI=1S/C18H24O3/c1-7-8-17(13(2)20-6)18(4,5)15-9-11-16(12-10-15)21-14(3)19/h7-13H,1H2,2-6H3/b17-8+. The molecule has 0 amide bonds. The van der Waals surface area contributed by atoms with Crippen molar-refractivity contribution in [2.24, 2.45) is 0 Å². The maximum absolute atomic E-state index is 11.0. The van der Waals surface area contributed by atoms with E-state index in [-0.39, 0.29) is 17.5 Å². The van der Waals surface area contributed by atoms with Gasteiger partial charge in [0.15, 0.2) is 0 Å².